The van der Waals surface area contributed by atoms with Crippen LogP contribution >= 0.6 is 0 Å². The van der Waals surface area contributed by atoms with Crippen LogP contribution in [0.1, 0.15) is 32.0 Å². The SMILES string of the molecule is CC1CCCC(CN)N1Cc1nc(N)nc(N(C)C)n1. The largest absolute Gasteiger partial charge is 0.368 e. The standard InChI is InChI=1S/C13H25N7/c1-9-5-4-6-10(7-14)20(9)8-11-16-12(15)18-13(17-11)19(2)3/h9-10H,4-8,14H2,1-3H3,(H2,15,16,17,18). The van der Waals surface area contributed by atoms with Crippen molar-refractivity contribution < 1.29 is 0 Å². The fraction of sp³-hybridized carbons (Fsp3) is 0.769. The molecule has 0 amide bonds. The van der Waals surface area contributed by atoms with Gasteiger partial charge in [-0.05, 0) is 19.8 Å². The smallest absolute Gasteiger partial charge is 0.229 e. The minimum atomic E-state index is 0.271. The van der Waals surface area contributed by atoms with Crippen molar-refractivity contribution in [3.05, 3.63) is 5.82 Å². The predicted octanol–water partition coefficient (Wildman–Crippen LogP) is 0.222. The second-order valence-electron chi connectivity index (χ2n) is 5.65. The van der Waals surface area contributed by atoms with Crippen molar-refractivity contribution in [2.45, 2.75) is 44.8 Å². The van der Waals surface area contributed by atoms with Crippen LogP contribution in [-0.4, -0.2) is 52.6 Å². The van der Waals surface area contributed by atoms with E-state index in [-0.39, 0.29) is 5.95 Å². The highest BCUT2D eigenvalue weighted by Crippen LogP contribution is 2.24. The van der Waals surface area contributed by atoms with E-state index in [4.69, 9.17) is 11.5 Å². The van der Waals surface area contributed by atoms with Crippen LogP contribution in [0.15, 0.2) is 0 Å². The second kappa shape index (κ2) is 6.32. The normalized spacial score (nSPS) is 23.8. The van der Waals surface area contributed by atoms with Gasteiger partial charge in [0.2, 0.25) is 11.9 Å². The molecule has 2 rings (SSSR count). The Hall–Kier alpha value is -1.47. The summed E-state index contributed by atoms with van der Waals surface area (Å²) in [5.41, 5.74) is 11.7. The number of rotatable bonds is 4. The van der Waals surface area contributed by atoms with E-state index in [9.17, 15) is 0 Å². The summed E-state index contributed by atoms with van der Waals surface area (Å²) in [7, 11) is 3.79. The summed E-state index contributed by atoms with van der Waals surface area (Å²) in [4.78, 5) is 17.1. The summed E-state index contributed by atoms with van der Waals surface area (Å²) in [6.07, 6.45) is 3.57. The molecular weight excluding hydrogens is 254 g/mol. The Kier molecular flexibility index (Phi) is 4.72. The fourth-order valence-electron chi connectivity index (χ4n) is 2.74. The lowest BCUT2D eigenvalue weighted by Gasteiger charge is -2.39. The highest BCUT2D eigenvalue weighted by Gasteiger charge is 2.27. The molecule has 0 spiro atoms. The van der Waals surface area contributed by atoms with E-state index in [1.807, 2.05) is 19.0 Å². The monoisotopic (exact) mass is 279 g/mol. The minimum absolute atomic E-state index is 0.271. The van der Waals surface area contributed by atoms with E-state index in [1.165, 1.54) is 12.8 Å². The molecule has 1 aliphatic rings. The van der Waals surface area contributed by atoms with Crippen molar-refractivity contribution in [3.63, 3.8) is 0 Å². The van der Waals surface area contributed by atoms with Gasteiger partial charge in [0.15, 0.2) is 0 Å². The van der Waals surface area contributed by atoms with Crippen molar-refractivity contribution in [1.82, 2.24) is 19.9 Å². The molecule has 2 atom stereocenters. The van der Waals surface area contributed by atoms with Crippen LogP contribution in [0.3, 0.4) is 0 Å². The van der Waals surface area contributed by atoms with Gasteiger partial charge in [0, 0.05) is 32.7 Å². The van der Waals surface area contributed by atoms with Gasteiger partial charge in [-0.3, -0.25) is 4.90 Å². The Labute approximate surface area is 120 Å². The lowest BCUT2D eigenvalue weighted by molar-refractivity contribution is 0.0863. The van der Waals surface area contributed by atoms with Crippen molar-refractivity contribution in [1.29, 1.82) is 0 Å². The first-order valence-corrected chi connectivity index (χ1v) is 7.14. The van der Waals surface area contributed by atoms with Gasteiger partial charge in [0.25, 0.3) is 0 Å². The van der Waals surface area contributed by atoms with Gasteiger partial charge in [0.1, 0.15) is 5.82 Å². The van der Waals surface area contributed by atoms with E-state index in [0.29, 0.717) is 36.9 Å². The third-order valence-corrected chi connectivity index (χ3v) is 3.88. The van der Waals surface area contributed by atoms with E-state index in [1.54, 1.807) is 0 Å². The second-order valence-corrected chi connectivity index (χ2v) is 5.65. The lowest BCUT2D eigenvalue weighted by atomic mass is 9.96. The number of hydrogen-bond donors (Lipinski definition) is 2. The molecule has 1 saturated heterocycles. The van der Waals surface area contributed by atoms with Crippen LogP contribution in [0.2, 0.25) is 0 Å². The van der Waals surface area contributed by atoms with Gasteiger partial charge >= 0.3 is 0 Å². The summed E-state index contributed by atoms with van der Waals surface area (Å²) < 4.78 is 0. The Balaban J connectivity index is 2.19. The maximum Gasteiger partial charge on any atom is 0.229 e. The molecule has 1 aromatic heterocycles. The summed E-state index contributed by atoms with van der Waals surface area (Å²) in [5, 5.41) is 0. The first kappa shape index (κ1) is 14.9. The molecule has 7 heteroatoms. The third kappa shape index (κ3) is 3.34. The fourth-order valence-corrected chi connectivity index (χ4v) is 2.74. The van der Waals surface area contributed by atoms with Crippen LogP contribution in [0, 0.1) is 0 Å². The quantitative estimate of drug-likeness (QED) is 0.813. The van der Waals surface area contributed by atoms with Gasteiger partial charge < -0.3 is 16.4 Å². The summed E-state index contributed by atoms with van der Waals surface area (Å²) >= 11 is 0. The van der Waals surface area contributed by atoms with Gasteiger partial charge in [-0.1, -0.05) is 6.42 Å². The van der Waals surface area contributed by atoms with Gasteiger partial charge in [-0.15, -0.1) is 0 Å². The van der Waals surface area contributed by atoms with Gasteiger partial charge in [-0.25, -0.2) is 0 Å². The van der Waals surface area contributed by atoms with E-state index < -0.39 is 0 Å². The Morgan fingerprint density at radius 2 is 2.00 bits per heavy atom. The molecule has 0 saturated carbocycles. The zero-order valence-corrected chi connectivity index (χ0v) is 12.6. The molecule has 0 bridgehead atoms. The Morgan fingerprint density at radius 1 is 1.25 bits per heavy atom. The molecule has 1 aromatic rings. The molecule has 20 heavy (non-hydrogen) atoms. The number of piperidine rings is 1. The van der Waals surface area contributed by atoms with Crippen LogP contribution in [0.25, 0.3) is 0 Å². The number of likely N-dealkylation sites (tertiary alicyclic amines) is 1. The number of nitrogens with two attached hydrogens (primary N) is 2. The van der Waals surface area contributed by atoms with E-state index >= 15 is 0 Å². The van der Waals surface area contributed by atoms with Crippen LogP contribution in [0.4, 0.5) is 11.9 Å². The molecule has 4 N–H and O–H groups in total. The maximum absolute atomic E-state index is 5.89. The Morgan fingerprint density at radius 3 is 2.65 bits per heavy atom. The summed E-state index contributed by atoms with van der Waals surface area (Å²) in [6.45, 7) is 3.58. The predicted molar refractivity (Wildman–Crippen MR) is 80.3 cm³/mol. The number of nitrogens with zero attached hydrogens (tertiary/aromatic N) is 5. The zero-order valence-electron chi connectivity index (χ0n) is 12.6. The van der Waals surface area contributed by atoms with Crippen molar-refractivity contribution in [2.75, 3.05) is 31.3 Å². The molecule has 2 unspecified atom stereocenters. The molecule has 7 nitrogen and oxygen atoms in total. The van der Waals surface area contributed by atoms with Gasteiger partial charge in [0.05, 0.1) is 6.54 Å². The molecule has 1 fully saturated rings. The van der Waals surface area contributed by atoms with Crippen LogP contribution < -0.4 is 16.4 Å². The molecule has 0 radical (unpaired) electrons. The molecule has 2 heterocycles. The van der Waals surface area contributed by atoms with E-state index in [2.05, 4.69) is 26.8 Å². The number of anilines is 2. The zero-order chi connectivity index (χ0) is 14.7. The molecular formula is C13H25N7. The van der Waals surface area contributed by atoms with Gasteiger partial charge in [-0.2, -0.15) is 15.0 Å². The highest BCUT2D eigenvalue weighted by molar-refractivity contribution is 5.32. The van der Waals surface area contributed by atoms with Crippen molar-refractivity contribution >= 4 is 11.9 Å². The van der Waals surface area contributed by atoms with Crippen LogP contribution in [-0.2, 0) is 6.54 Å². The maximum atomic E-state index is 5.89. The van der Waals surface area contributed by atoms with Crippen LogP contribution in [0.5, 0.6) is 0 Å². The van der Waals surface area contributed by atoms with Crippen molar-refractivity contribution in [2.24, 2.45) is 5.73 Å². The highest BCUT2D eigenvalue weighted by atomic mass is 15.3. The summed E-state index contributed by atoms with van der Waals surface area (Å²) in [6, 6.07) is 0.901. The van der Waals surface area contributed by atoms with E-state index in [0.717, 1.165) is 6.42 Å². The first-order valence-electron chi connectivity index (χ1n) is 7.14. The number of aromatic nitrogens is 3. The topological polar surface area (TPSA) is 97.2 Å². The molecule has 112 valence electrons. The molecule has 1 aliphatic heterocycles. The average Bonchev–Trinajstić information content (AvgIpc) is 2.40. The number of nitrogen functional groups attached to an aromatic ring is 1. The molecule has 0 aromatic carbocycles. The Bertz CT molecular complexity index is 448. The third-order valence-electron chi connectivity index (χ3n) is 3.88. The molecule has 0 aliphatic carbocycles. The number of hydrogen-bond acceptors (Lipinski definition) is 7. The summed E-state index contributed by atoms with van der Waals surface area (Å²) in [5.74, 6) is 1.59. The van der Waals surface area contributed by atoms with Crippen molar-refractivity contribution in [3.8, 4) is 0 Å². The average molecular weight is 279 g/mol. The first-order chi connectivity index (χ1) is 9.51. The lowest BCUT2D eigenvalue weighted by Crippen LogP contribution is -2.48. The minimum Gasteiger partial charge on any atom is -0.368 e.